The van der Waals surface area contributed by atoms with E-state index in [9.17, 15) is 4.79 Å². The standard InChI is InChI=1S/C14H16BrN3O/c1-17-5-2-10(3-6-17)14-16-12(9-19)13-8-11(15)4-7-18(13)14/h4,7-10H,2-3,5-6H2,1H3. The Kier molecular flexibility index (Phi) is 3.41. The molecule has 0 atom stereocenters. The van der Waals surface area contributed by atoms with Gasteiger partial charge in [0.1, 0.15) is 11.5 Å². The fourth-order valence-corrected chi connectivity index (χ4v) is 3.08. The second-order valence-electron chi connectivity index (χ2n) is 5.15. The fourth-order valence-electron chi connectivity index (χ4n) is 2.75. The molecular weight excluding hydrogens is 306 g/mol. The van der Waals surface area contributed by atoms with Gasteiger partial charge in [0, 0.05) is 16.6 Å². The molecule has 2 aromatic rings. The summed E-state index contributed by atoms with van der Waals surface area (Å²) in [4.78, 5) is 18.1. The van der Waals surface area contributed by atoms with E-state index >= 15 is 0 Å². The molecule has 1 saturated heterocycles. The Morgan fingerprint density at radius 2 is 2.16 bits per heavy atom. The Balaban J connectivity index is 2.06. The van der Waals surface area contributed by atoms with Crippen LogP contribution in [0.1, 0.15) is 35.1 Å². The number of nitrogens with zero attached hydrogens (tertiary/aromatic N) is 3. The van der Waals surface area contributed by atoms with Crippen LogP contribution in [0.3, 0.4) is 0 Å². The van der Waals surface area contributed by atoms with Crippen molar-refractivity contribution in [2.75, 3.05) is 20.1 Å². The minimum absolute atomic E-state index is 0.443. The third-order valence-electron chi connectivity index (χ3n) is 3.86. The number of hydrogen-bond donors (Lipinski definition) is 0. The molecular formula is C14H16BrN3O. The van der Waals surface area contributed by atoms with Crippen LogP contribution in [0, 0.1) is 0 Å². The molecule has 0 amide bonds. The average Bonchev–Trinajstić information content (AvgIpc) is 2.77. The molecule has 0 bridgehead atoms. The summed E-state index contributed by atoms with van der Waals surface area (Å²) in [5.74, 6) is 1.47. The summed E-state index contributed by atoms with van der Waals surface area (Å²) >= 11 is 3.45. The molecule has 19 heavy (non-hydrogen) atoms. The number of aldehydes is 1. The van der Waals surface area contributed by atoms with Crippen LogP contribution in [0.15, 0.2) is 22.8 Å². The van der Waals surface area contributed by atoms with Gasteiger partial charge in [-0.3, -0.25) is 4.79 Å². The number of piperidine rings is 1. The van der Waals surface area contributed by atoms with Crippen molar-refractivity contribution >= 4 is 27.7 Å². The summed E-state index contributed by atoms with van der Waals surface area (Å²) in [6, 6.07) is 3.94. The number of imidazole rings is 1. The van der Waals surface area contributed by atoms with E-state index in [4.69, 9.17) is 0 Å². The van der Waals surface area contributed by atoms with Crippen molar-refractivity contribution in [3.63, 3.8) is 0 Å². The third kappa shape index (κ3) is 2.32. The van der Waals surface area contributed by atoms with Crippen LogP contribution in [0.25, 0.3) is 5.52 Å². The largest absolute Gasteiger partial charge is 0.306 e. The highest BCUT2D eigenvalue weighted by Crippen LogP contribution is 2.29. The van der Waals surface area contributed by atoms with Crippen LogP contribution in [-0.2, 0) is 0 Å². The van der Waals surface area contributed by atoms with Crippen molar-refractivity contribution < 1.29 is 4.79 Å². The van der Waals surface area contributed by atoms with Gasteiger partial charge < -0.3 is 9.30 Å². The summed E-state index contributed by atoms with van der Waals surface area (Å²) in [7, 11) is 2.15. The highest BCUT2D eigenvalue weighted by Gasteiger charge is 2.23. The Bertz CT molecular complexity index is 614. The van der Waals surface area contributed by atoms with Gasteiger partial charge in [0.25, 0.3) is 0 Å². The van der Waals surface area contributed by atoms with Crippen molar-refractivity contribution in [2.24, 2.45) is 0 Å². The first-order valence-corrected chi connectivity index (χ1v) is 7.29. The number of hydrogen-bond acceptors (Lipinski definition) is 3. The topological polar surface area (TPSA) is 37.6 Å². The van der Waals surface area contributed by atoms with Crippen LogP contribution < -0.4 is 0 Å². The maximum absolute atomic E-state index is 11.2. The molecule has 0 aliphatic carbocycles. The van der Waals surface area contributed by atoms with Crippen LogP contribution in [0.5, 0.6) is 0 Å². The highest BCUT2D eigenvalue weighted by molar-refractivity contribution is 9.10. The average molecular weight is 322 g/mol. The van der Waals surface area contributed by atoms with Gasteiger partial charge >= 0.3 is 0 Å². The minimum atomic E-state index is 0.443. The number of fused-ring (bicyclic) bond motifs is 1. The predicted octanol–water partition coefficient (Wildman–Crippen LogP) is 2.72. The fraction of sp³-hybridized carbons (Fsp3) is 0.429. The van der Waals surface area contributed by atoms with Crippen LogP contribution in [-0.4, -0.2) is 40.7 Å². The van der Waals surface area contributed by atoms with Crippen molar-refractivity contribution in [1.29, 1.82) is 0 Å². The first-order chi connectivity index (χ1) is 9.19. The molecule has 0 saturated carbocycles. The summed E-state index contributed by atoms with van der Waals surface area (Å²) < 4.78 is 3.03. The molecule has 0 unspecified atom stereocenters. The van der Waals surface area contributed by atoms with Gasteiger partial charge in [0.15, 0.2) is 6.29 Å². The number of aromatic nitrogens is 2. The first-order valence-electron chi connectivity index (χ1n) is 6.50. The van der Waals surface area contributed by atoms with Crippen molar-refractivity contribution in [3.05, 3.63) is 34.3 Å². The lowest BCUT2D eigenvalue weighted by atomic mass is 9.96. The van der Waals surface area contributed by atoms with E-state index in [1.807, 2.05) is 18.3 Å². The number of likely N-dealkylation sites (tertiary alicyclic amines) is 1. The van der Waals surface area contributed by atoms with E-state index in [0.29, 0.717) is 11.6 Å². The second-order valence-corrected chi connectivity index (χ2v) is 6.07. The summed E-state index contributed by atoms with van der Waals surface area (Å²) in [6.07, 6.45) is 5.04. The quantitative estimate of drug-likeness (QED) is 0.798. The lowest BCUT2D eigenvalue weighted by Gasteiger charge is -2.28. The van der Waals surface area contributed by atoms with Crippen LogP contribution >= 0.6 is 15.9 Å². The molecule has 0 spiro atoms. The number of rotatable bonds is 2. The van der Waals surface area contributed by atoms with Gasteiger partial charge in [-0.2, -0.15) is 0 Å². The third-order valence-corrected chi connectivity index (χ3v) is 4.35. The van der Waals surface area contributed by atoms with Crippen molar-refractivity contribution in [3.8, 4) is 0 Å². The number of carbonyl (C=O) groups is 1. The zero-order valence-electron chi connectivity index (χ0n) is 10.8. The summed E-state index contributed by atoms with van der Waals surface area (Å²) in [5, 5.41) is 0. The molecule has 1 aliphatic rings. The molecule has 100 valence electrons. The molecule has 4 nitrogen and oxygen atoms in total. The van der Waals surface area contributed by atoms with E-state index in [0.717, 1.165) is 48.0 Å². The summed E-state index contributed by atoms with van der Waals surface area (Å²) in [5.41, 5.74) is 1.42. The van der Waals surface area contributed by atoms with Crippen LogP contribution in [0.2, 0.25) is 0 Å². The highest BCUT2D eigenvalue weighted by atomic mass is 79.9. The summed E-state index contributed by atoms with van der Waals surface area (Å²) in [6.45, 7) is 2.18. The van der Waals surface area contributed by atoms with Gasteiger partial charge in [-0.25, -0.2) is 4.98 Å². The minimum Gasteiger partial charge on any atom is -0.306 e. The maximum Gasteiger partial charge on any atom is 0.170 e. The lowest BCUT2D eigenvalue weighted by Crippen LogP contribution is -2.29. The van der Waals surface area contributed by atoms with Gasteiger partial charge in [0.2, 0.25) is 0 Å². The molecule has 1 fully saturated rings. The Labute approximate surface area is 120 Å². The van der Waals surface area contributed by atoms with E-state index in [-0.39, 0.29) is 0 Å². The SMILES string of the molecule is CN1CCC(c2nc(C=O)c3cc(Br)ccn23)CC1. The van der Waals surface area contributed by atoms with E-state index in [2.05, 4.69) is 37.3 Å². The molecule has 5 heteroatoms. The van der Waals surface area contributed by atoms with Crippen molar-refractivity contribution in [2.45, 2.75) is 18.8 Å². The van der Waals surface area contributed by atoms with Gasteiger partial charge in [-0.1, -0.05) is 15.9 Å². The van der Waals surface area contributed by atoms with E-state index < -0.39 is 0 Å². The van der Waals surface area contributed by atoms with Gasteiger partial charge in [-0.05, 0) is 45.1 Å². The zero-order valence-corrected chi connectivity index (χ0v) is 12.4. The molecule has 3 rings (SSSR count). The van der Waals surface area contributed by atoms with Gasteiger partial charge in [0.05, 0.1) is 5.52 Å². The number of pyridine rings is 1. The van der Waals surface area contributed by atoms with Crippen molar-refractivity contribution in [1.82, 2.24) is 14.3 Å². The lowest BCUT2D eigenvalue weighted by molar-refractivity contribution is 0.112. The first kappa shape index (κ1) is 12.8. The molecule has 3 heterocycles. The Morgan fingerprint density at radius 1 is 1.42 bits per heavy atom. The molecule has 2 aromatic heterocycles. The van der Waals surface area contributed by atoms with E-state index in [1.54, 1.807) is 0 Å². The maximum atomic E-state index is 11.2. The second kappa shape index (κ2) is 5.06. The number of halogens is 1. The van der Waals surface area contributed by atoms with Gasteiger partial charge in [-0.15, -0.1) is 0 Å². The predicted molar refractivity (Wildman–Crippen MR) is 77.8 cm³/mol. The zero-order chi connectivity index (χ0) is 13.4. The smallest absolute Gasteiger partial charge is 0.170 e. The monoisotopic (exact) mass is 321 g/mol. The molecule has 1 aliphatic heterocycles. The van der Waals surface area contributed by atoms with Crippen LogP contribution in [0.4, 0.5) is 0 Å². The Morgan fingerprint density at radius 3 is 2.84 bits per heavy atom. The molecule has 0 radical (unpaired) electrons. The molecule has 0 aromatic carbocycles. The molecule has 0 N–H and O–H groups in total. The Hall–Kier alpha value is -1.20. The normalized spacial score (nSPS) is 18.0. The number of carbonyl (C=O) groups excluding carboxylic acids is 1. The van der Waals surface area contributed by atoms with E-state index in [1.165, 1.54) is 0 Å².